The number of rotatable bonds is 3. The lowest BCUT2D eigenvalue weighted by atomic mass is 9.97. The van der Waals surface area contributed by atoms with E-state index in [1.807, 2.05) is 0 Å². The van der Waals surface area contributed by atoms with Crippen LogP contribution in [0.2, 0.25) is 0 Å². The van der Waals surface area contributed by atoms with Crippen LogP contribution in [0.15, 0.2) is 0 Å². The third-order valence-corrected chi connectivity index (χ3v) is 3.09. The highest BCUT2D eigenvalue weighted by molar-refractivity contribution is 4.83. The Labute approximate surface area is 80.4 Å². The molecule has 3 heteroatoms. The van der Waals surface area contributed by atoms with Crippen molar-refractivity contribution >= 4 is 0 Å². The van der Waals surface area contributed by atoms with Crippen molar-refractivity contribution in [2.75, 3.05) is 39.4 Å². The van der Waals surface area contributed by atoms with E-state index in [2.05, 4.69) is 17.1 Å². The van der Waals surface area contributed by atoms with Crippen LogP contribution in [0.25, 0.3) is 0 Å². The predicted octanol–water partition coefficient (Wildman–Crippen LogP) is 0.317. The molecule has 0 radical (unpaired) electrons. The van der Waals surface area contributed by atoms with Crippen molar-refractivity contribution in [3.05, 3.63) is 0 Å². The summed E-state index contributed by atoms with van der Waals surface area (Å²) in [4.78, 5) is 2.53. The molecular formula is C10H20N2O. The first kappa shape index (κ1) is 9.44. The van der Waals surface area contributed by atoms with Crippen LogP contribution in [0.3, 0.4) is 0 Å². The fourth-order valence-corrected chi connectivity index (χ4v) is 2.13. The summed E-state index contributed by atoms with van der Waals surface area (Å²) in [5, 5.41) is 3.48. The molecule has 0 spiro atoms. The summed E-state index contributed by atoms with van der Waals surface area (Å²) in [5.41, 5.74) is 0. The molecule has 0 aromatic carbocycles. The van der Waals surface area contributed by atoms with Gasteiger partial charge in [0.2, 0.25) is 0 Å². The van der Waals surface area contributed by atoms with E-state index < -0.39 is 0 Å². The van der Waals surface area contributed by atoms with E-state index in [1.54, 1.807) is 0 Å². The number of nitrogens with one attached hydrogen (secondary N) is 1. The Hall–Kier alpha value is -0.120. The summed E-state index contributed by atoms with van der Waals surface area (Å²) in [6.45, 7) is 8.86. The van der Waals surface area contributed by atoms with Crippen molar-refractivity contribution in [1.29, 1.82) is 0 Å². The molecule has 1 unspecified atom stereocenters. The first-order valence-electron chi connectivity index (χ1n) is 5.42. The first-order chi connectivity index (χ1) is 6.38. The molecule has 0 aliphatic carbocycles. The molecule has 0 amide bonds. The van der Waals surface area contributed by atoms with E-state index in [-0.39, 0.29) is 0 Å². The van der Waals surface area contributed by atoms with Crippen molar-refractivity contribution < 1.29 is 4.74 Å². The Bertz CT molecular complexity index is 151. The lowest BCUT2D eigenvalue weighted by Crippen LogP contribution is -2.55. The van der Waals surface area contributed by atoms with Crippen LogP contribution in [0.5, 0.6) is 0 Å². The third-order valence-electron chi connectivity index (χ3n) is 3.09. The molecule has 1 atom stereocenters. The summed E-state index contributed by atoms with van der Waals surface area (Å²) in [5.74, 6) is 0.963. The molecule has 2 fully saturated rings. The van der Waals surface area contributed by atoms with Crippen molar-refractivity contribution in [2.45, 2.75) is 19.4 Å². The SMILES string of the molecule is CCC1CN(CC2COCCN2)C1. The second-order valence-electron chi connectivity index (χ2n) is 4.22. The summed E-state index contributed by atoms with van der Waals surface area (Å²) in [7, 11) is 0. The van der Waals surface area contributed by atoms with Gasteiger partial charge < -0.3 is 15.0 Å². The molecule has 2 aliphatic rings. The van der Waals surface area contributed by atoms with E-state index in [4.69, 9.17) is 4.74 Å². The van der Waals surface area contributed by atoms with E-state index in [0.717, 1.165) is 25.7 Å². The molecule has 13 heavy (non-hydrogen) atoms. The van der Waals surface area contributed by atoms with Gasteiger partial charge in [-0.1, -0.05) is 13.3 Å². The lowest BCUT2D eigenvalue weighted by molar-refractivity contribution is 0.0317. The number of ether oxygens (including phenoxy) is 1. The molecule has 2 rings (SSSR count). The Kier molecular flexibility index (Phi) is 3.19. The smallest absolute Gasteiger partial charge is 0.0632 e. The van der Waals surface area contributed by atoms with Crippen molar-refractivity contribution in [1.82, 2.24) is 10.2 Å². The number of nitrogens with zero attached hydrogens (tertiary/aromatic N) is 1. The number of likely N-dealkylation sites (tertiary alicyclic amines) is 1. The molecule has 2 aliphatic heterocycles. The summed E-state index contributed by atoms with van der Waals surface area (Å²) >= 11 is 0. The monoisotopic (exact) mass is 184 g/mol. The minimum atomic E-state index is 0.576. The predicted molar refractivity (Wildman–Crippen MR) is 52.8 cm³/mol. The van der Waals surface area contributed by atoms with E-state index in [9.17, 15) is 0 Å². The van der Waals surface area contributed by atoms with E-state index in [1.165, 1.54) is 26.1 Å². The second kappa shape index (κ2) is 4.40. The van der Waals surface area contributed by atoms with Crippen LogP contribution in [-0.4, -0.2) is 50.3 Å². The average molecular weight is 184 g/mol. The van der Waals surface area contributed by atoms with Gasteiger partial charge in [-0.25, -0.2) is 0 Å². The molecule has 76 valence electrons. The molecular weight excluding hydrogens is 164 g/mol. The molecule has 2 saturated heterocycles. The molecule has 0 aromatic heterocycles. The van der Waals surface area contributed by atoms with Crippen LogP contribution in [0, 0.1) is 5.92 Å². The van der Waals surface area contributed by atoms with Crippen molar-refractivity contribution in [3.63, 3.8) is 0 Å². The maximum absolute atomic E-state index is 5.42. The van der Waals surface area contributed by atoms with Gasteiger partial charge in [-0.15, -0.1) is 0 Å². The summed E-state index contributed by atoms with van der Waals surface area (Å²) in [6.07, 6.45) is 1.34. The van der Waals surface area contributed by atoms with Crippen molar-refractivity contribution in [3.8, 4) is 0 Å². The first-order valence-corrected chi connectivity index (χ1v) is 5.42. The highest BCUT2D eigenvalue weighted by Crippen LogP contribution is 2.18. The molecule has 0 saturated carbocycles. The fourth-order valence-electron chi connectivity index (χ4n) is 2.13. The minimum absolute atomic E-state index is 0.576. The largest absolute Gasteiger partial charge is 0.378 e. The van der Waals surface area contributed by atoms with Gasteiger partial charge in [0, 0.05) is 32.2 Å². The zero-order valence-corrected chi connectivity index (χ0v) is 8.46. The molecule has 0 bridgehead atoms. The van der Waals surface area contributed by atoms with Crippen LogP contribution in [0.1, 0.15) is 13.3 Å². The van der Waals surface area contributed by atoms with E-state index in [0.29, 0.717) is 6.04 Å². The summed E-state index contributed by atoms with van der Waals surface area (Å²) in [6, 6.07) is 0.576. The van der Waals surface area contributed by atoms with Gasteiger partial charge in [-0.05, 0) is 5.92 Å². The Morgan fingerprint density at radius 3 is 2.92 bits per heavy atom. The van der Waals surface area contributed by atoms with Gasteiger partial charge in [0.1, 0.15) is 0 Å². The number of hydrogen-bond acceptors (Lipinski definition) is 3. The average Bonchev–Trinajstić information content (AvgIpc) is 2.12. The van der Waals surface area contributed by atoms with Gasteiger partial charge in [0.25, 0.3) is 0 Å². The topological polar surface area (TPSA) is 24.5 Å². The Morgan fingerprint density at radius 2 is 2.31 bits per heavy atom. The van der Waals surface area contributed by atoms with E-state index >= 15 is 0 Å². The number of morpholine rings is 1. The molecule has 3 nitrogen and oxygen atoms in total. The highest BCUT2D eigenvalue weighted by Gasteiger charge is 2.27. The van der Waals surface area contributed by atoms with Gasteiger partial charge in [-0.3, -0.25) is 0 Å². The maximum Gasteiger partial charge on any atom is 0.0632 e. The van der Waals surface area contributed by atoms with Gasteiger partial charge in [0.05, 0.1) is 13.2 Å². The van der Waals surface area contributed by atoms with Crippen LogP contribution >= 0.6 is 0 Å². The molecule has 0 aromatic rings. The quantitative estimate of drug-likeness (QED) is 0.683. The zero-order valence-electron chi connectivity index (χ0n) is 8.46. The summed E-state index contributed by atoms with van der Waals surface area (Å²) < 4.78 is 5.42. The normalized spacial score (nSPS) is 31.6. The Morgan fingerprint density at radius 1 is 1.46 bits per heavy atom. The van der Waals surface area contributed by atoms with Crippen LogP contribution in [-0.2, 0) is 4.74 Å². The zero-order chi connectivity index (χ0) is 9.10. The maximum atomic E-state index is 5.42. The fraction of sp³-hybridized carbons (Fsp3) is 1.00. The van der Waals surface area contributed by atoms with Crippen LogP contribution < -0.4 is 5.32 Å². The van der Waals surface area contributed by atoms with Gasteiger partial charge >= 0.3 is 0 Å². The second-order valence-corrected chi connectivity index (χ2v) is 4.22. The molecule has 2 heterocycles. The van der Waals surface area contributed by atoms with Gasteiger partial charge in [-0.2, -0.15) is 0 Å². The van der Waals surface area contributed by atoms with Crippen molar-refractivity contribution in [2.24, 2.45) is 5.92 Å². The minimum Gasteiger partial charge on any atom is -0.378 e. The standard InChI is InChI=1S/C10H20N2O/c1-2-9-5-12(6-9)7-10-8-13-4-3-11-10/h9-11H,2-8H2,1H3. The Balaban J connectivity index is 1.62. The molecule has 1 N–H and O–H groups in total. The van der Waals surface area contributed by atoms with Gasteiger partial charge in [0.15, 0.2) is 0 Å². The highest BCUT2D eigenvalue weighted by atomic mass is 16.5. The number of hydrogen-bond donors (Lipinski definition) is 1. The van der Waals surface area contributed by atoms with Crippen LogP contribution in [0.4, 0.5) is 0 Å². The lowest BCUT2D eigenvalue weighted by Gasteiger charge is -2.41. The third kappa shape index (κ3) is 2.42.